The van der Waals surface area contributed by atoms with Gasteiger partial charge in [0.2, 0.25) is 0 Å². The molecule has 0 atom stereocenters. The molecule has 4 nitrogen and oxygen atoms in total. The zero-order valence-corrected chi connectivity index (χ0v) is 68.1. The second-order valence-electron chi connectivity index (χ2n) is 29.3. The van der Waals surface area contributed by atoms with Gasteiger partial charge < -0.3 is 0 Å². The minimum Gasteiger partial charge on any atom is -0.255 e. The summed E-state index contributed by atoms with van der Waals surface area (Å²) in [6.45, 7) is 0. The van der Waals surface area contributed by atoms with Gasteiger partial charge in [-0.3, -0.25) is 19.9 Å². The molecule has 0 saturated carbocycles. The molecule has 4 heterocycles. The summed E-state index contributed by atoms with van der Waals surface area (Å²) in [4.78, 5) is 16.7. The number of alkyl halides is 48. The normalized spacial score (nSPS) is 13.4. The third-order valence-electron chi connectivity index (χ3n) is 20.1. The molecule has 0 fully saturated rings. The Hall–Kier alpha value is -12.2. The van der Waals surface area contributed by atoms with Crippen LogP contribution >= 0.6 is 0 Å². The van der Waals surface area contributed by atoms with Crippen LogP contribution in [0.4, 0.5) is 211 Å². The van der Waals surface area contributed by atoms with E-state index in [1.807, 2.05) is 72.8 Å². The molecule has 55 heteroatoms. The van der Waals surface area contributed by atoms with Crippen LogP contribution in [0.5, 0.6) is 0 Å². The van der Waals surface area contributed by atoms with Gasteiger partial charge >= 0.3 is 119 Å². The number of hydrogen-bond donors (Lipinski definition) is 0. The summed E-state index contributed by atoms with van der Waals surface area (Å²) in [5.41, 5.74) is -56.7. The van der Waals surface area contributed by atoms with E-state index in [1.54, 1.807) is 24.8 Å². The van der Waals surface area contributed by atoms with E-state index in [0.717, 1.165) is 22.8 Å². The molecule has 12 rings (SSSR count). The van der Waals surface area contributed by atoms with Gasteiger partial charge in [0.25, 0.3) is 0 Å². The molecule has 0 unspecified atom stereocenters. The number of rotatable bonds is 10. The SMILES string of the molecule is FC(F)(F)c1cc([B-](c2cc(C(F)(F)F)cc(C(F)(F)F)c2)(c2cc(C(F)(F)F)cc(C(F)(F)F)c2)c2cc(C(F)(F)F)cc(C(F)(F)F)c2)cc(C(F)(F)F)c1.FC(F)(F)c1cc([B-](c2cc(C(F)(F)F)cc(C(F)(F)F)c2)(c2cc(C(F)(F)F)cc(C(F)(F)F)c2)c2cc(C(F)(F)F)cc(C(F)(F)F)c2)cc(C(F)(F)F)c1.[Pd+2].c1ccc(-c2ccccn2)nc1.c1ccc(-c2ccccn2)nc1. The van der Waals surface area contributed by atoms with Gasteiger partial charge in [-0.05, 0) is 97.1 Å². The van der Waals surface area contributed by atoms with E-state index in [0.29, 0.717) is 0 Å². The fourth-order valence-electron chi connectivity index (χ4n) is 14.2. The Morgan fingerprint density at radius 1 is 0.129 bits per heavy atom. The Bertz CT molecular complexity index is 4960. The molecular weight excluding hydrogens is 2100 g/mol. The van der Waals surface area contributed by atoms with Gasteiger partial charge in [0, 0.05) is 24.8 Å². The van der Waals surface area contributed by atoms with Crippen LogP contribution in [0.25, 0.3) is 22.8 Å². The number of nitrogens with zero attached hydrogens (tertiary/aromatic N) is 4. The molecular formula is C84H40B2F48N4Pd. The topological polar surface area (TPSA) is 51.6 Å². The molecule has 0 radical (unpaired) electrons. The summed E-state index contributed by atoms with van der Waals surface area (Å²) in [5.74, 6) is 0. The third kappa shape index (κ3) is 26.9. The van der Waals surface area contributed by atoms with Gasteiger partial charge in [-0.1, -0.05) is 121 Å². The van der Waals surface area contributed by atoms with Crippen LogP contribution in [0, 0.1) is 0 Å². The average molecular weight is 2150 g/mol. The molecule has 12 aromatic rings. The summed E-state index contributed by atoms with van der Waals surface area (Å²) >= 11 is 0. The Morgan fingerprint density at radius 2 is 0.216 bits per heavy atom. The van der Waals surface area contributed by atoms with Gasteiger partial charge in [-0.15, -0.1) is 0 Å². The molecule has 139 heavy (non-hydrogen) atoms. The van der Waals surface area contributed by atoms with Crippen molar-refractivity contribution in [1.82, 2.24) is 19.9 Å². The minimum absolute atomic E-state index is 0. The van der Waals surface area contributed by atoms with Crippen molar-refractivity contribution in [3.63, 3.8) is 0 Å². The zero-order chi connectivity index (χ0) is 104. The largest absolute Gasteiger partial charge is 2.00 e. The first-order valence-corrected chi connectivity index (χ1v) is 36.8. The van der Waals surface area contributed by atoms with Crippen molar-refractivity contribution >= 4 is 56.0 Å². The summed E-state index contributed by atoms with van der Waals surface area (Å²) in [6, 6.07) is 5.57. The van der Waals surface area contributed by atoms with E-state index in [-0.39, 0.29) is 20.4 Å². The predicted octanol–water partition coefficient (Wildman–Crippen LogP) is 26.7. The van der Waals surface area contributed by atoms with Crippen molar-refractivity contribution in [2.24, 2.45) is 0 Å². The maximum absolute atomic E-state index is 14.2. The Morgan fingerprint density at radius 3 is 0.281 bits per heavy atom. The fraction of sp³-hybridized carbons (Fsp3) is 0.190. The number of halogens is 48. The van der Waals surface area contributed by atoms with Crippen LogP contribution in [0.3, 0.4) is 0 Å². The van der Waals surface area contributed by atoms with E-state index in [4.69, 9.17) is 0 Å². The molecule has 8 aromatic carbocycles. The quantitative estimate of drug-likeness (QED) is 0.101. The second kappa shape index (κ2) is 39.1. The van der Waals surface area contributed by atoms with E-state index in [1.165, 1.54) is 0 Å². The molecule has 0 spiro atoms. The predicted molar refractivity (Wildman–Crippen MR) is 395 cm³/mol. The van der Waals surface area contributed by atoms with Gasteiger partial charge in [0.05, 0.1) is 112 Å². The molecule has 0 aliphatic carbocycles. The molecule has 0 amide bonds. The molecule has 748 valence electrons. The maximum atomic E-state index is 14.2. The standard InChI is InChI=1S/2C32H12BF24.2C10H8N2.Pd/c2*34-25(35,36)13-1-14(26(37,38)39)6-21(5-13)33(22-7-15(27(40,41)42)2-16(8-22)28(43,44)45,23-9-17(29(46,47)48)3-18(10-23)30(49,50)51)24-11-19(31(52,53)54)4-20(12-24)32(55,56)57;2*1-3-7-11-9(5-1)10-6-2-4-8-12-10;/h2*1-12H;2*1-8H;/q2*-1;;;+2. The van der Waals surface area contributed by atoms with Crippen molar-refractivity contribution in [1.29, 1.82) is 0 Å². The third-order valence-corrected chi connectivity index (χ3v) is 20.1. The summed E-state index contributed by atoms with van der Waals surface area (Å²) in [6.07, 6.45) is -103. The van der Waals surface area contributed by atoms with Gasteiger partial charge in [0.1, 0.15) is 12.3 Å². The van der Waals surface area contributed by atoms with Crippen molar-refractivity contribution < 1.29 is 231 Å². The first kappa shape index (κ1) is 112. The molecule has 4 aromatic heterocycles. The number of hydrogen-bond acceptors (Lipinski definition) is 4. The fourth-order valence-corrected chi connectivity index (χ4v) is 14.2. The van der Waals surface area contributed by atoms with Crippen molar-refractivity contribution in [3.8, 4) is 22.8 Å². The minimum atomic E-state index is -6.13. The van der Waals surface area contributed by atoms with E-state index >= 15 is 0 Å². The monoisotopic (exact) mass is 2140 g/mol. The van der Waals surface area contributed by atoms with Gasteiger partial charge in [-0.25, -0.2) is 0 Å². The molecule has 0 bridgehead atoms. The van der Waals surface area contributed by atoms with E-state index in [9.17, 15) is 211 Å². The van der Waals surface area contributed by atoms with Crippen LogP contribution in [0.2, 0.25) is 0 Å². The van der Waals surface area contributed by atoms with Crippen LogP contribution in [0.1, 0.15) is 89.0 Å². The smallest absolute Gasteiger partial charge is 0.255 e. The summed E-state index contributed by atoms with van der Waals surface area (Å²) < 4.78 is 682. The van der Waals surface area contributed by atoms with Crippen molar-refractivity contribution in [2.75, 3.05) is 0 Å². The van der Waals surface area contributed by atoms with Crippen molar-refractivity contribution in [3.05, 3.63) is 332 Å². The van der Waals surface area contributed by atoms with E-state index < -0.39 is 389 Å². The van der Waals surface area contributed by atoms with Crippen LogP contribution in [-0.2, 0) is 119 Å². The van der Waals surface area contributed by atoms with E-state index in [2.05, 4.69) is 19.9 Å². The number of benzene rings is 8. The van der Waals surface area contributed by atoms with Gasteiger partial charge in [0.15, 0.2) is 0 Å². The first-order valence-electron chi connectivity index (χ1n) is 36.8. The molecule has 0 saturated heterocycles. The van der Waals surface area contributed by atoms with Gasteiger partial charge in [-0.2, -0.15) is 254 Å². The Labute approximate surface area is 758 Å². The number of aromatic nitrogens is 4. The van der Waals surface area contributed by atoms with Crippen molar-refractivity contribution in [2.45, 2.75) is 98.8 Å². The summed E-state index contributed by atoms with van der Waals surface area (Å²) in [7, 11) is 0. The first-order chi connectivity index (χ1) is 62.5. The van der Waals surface area contributed by atoms with Crippen LogP contribution < -0.4 is 43.7 Å². The number of pyridine rings is 4. The van der Waals surface area contributed by atoms with Crippen LogP contribution in [-0.4, -0.2) is 32.2 Å². The molecule has 0 aliphatic heterocycles. The zero-order valence-electron chi connectivity index (χ0n) is 66.5. The summed E-state index contributed by atoms with van der Waals surface area (Å²) in [5, 5.41) is 0. The second-order valence-corrected chi connectivity index (χ2v) is 29.3. The average Bonchev–Trinajstić information content (AvgIpc) is 0.709. The Balaban J connectivity index is 0.000000271. The molecule has 0 N–H and O–H groups in total. The Kier molecular flexibility index (Phi) is 31.5. The van der Waals surface area contributed by atoms with Crippen LogP contribution in [0.15, 0.2) is 243 Å². The molecule has 0 aliphatic rings. The maximum Gasteiger partial charge on any atom is 2.00 e.